The van der Waals surface area contributed by atoms with Gasteiger partial charge in [0.05, 0.1) is 24.3 Å². The second-order valence-corrected chi connectivity index (χ2v) is 6.18. The summed E-state index contributed by atoms with van der Waals surface area (Å²) in [6, 6.07) is 7.47. The van der Waals surface area contributed by atoms with Crippen LogP contribution in [0.3, 0.4) is 0 Å². The summed E-state index contributed by atoms with van der Waals surface area (Å²) < 4.78 is 18.8. The van der Waals surface area contributed by atoms with Gasteiger partial charge in [-0.2, -0.15) is 5.26 Å². The zero-order valence-corrected chi connectivity index (χ0v) is 14.6. The van der Waals surface area contributed by atoms with Crippen LogP contribution >= 0.6 is 11.3 Å². The van der Waals surface area contributed by atoms with Crippen LogP contribution in [0.25, 0.3) is 11.1 Å². The molecule has 1 amide bonds. The van der Waals surface area contributed by atoms with Gasteiger partial charge in [-0.25, -0.2) is 4.39 Å². The number of amides is 1. The van der Waals surface area contributed by atoms with E-state index in [2.05, 4.69) is 20.5 Å². The fraction of sp³-hybridized carbons (Fsp3) is 0.118. The number of carbonyl (C=O) groups is 1. The Morgan fingerprint density at radius 3 is 2.81 bits per heavy atom. The molecule has 26 heavy (non-hydrogen) atoms. The van der Waals surface area contributed by atoms with Crippen molar-refractivity contribution in [2.24, 2.45) is 0 Å². The van der Waals surface area contributed by atoms with Gasteiger partial charge in [0.1, 0.15) is 5.82 Å². The standard InChI is InChI=1S/C17H12FN5O2S/c1-9-3-13(11-4-10(7-19)5-12(18)6-11)14(8-20-9)15(24)21-16-22-23-17(25-2)26-16/h3-6,8H,1-2H3,(H,21,22,24). The number of aromatic nitrogens is 3. The monoisotopic (exact) mass is 369 g/mol. The fourth-order valence-electron chi connectivity index (χ4n) is 2.30. The number of rotatable bonds is 4. The van der Waals surface area contributed by atoms with Gasteiger partial charge in [0, 0.05) is 11.9 Å². The number of anilines is 1. The molecule has 0 bridgehead atoms. The largest absolute Gasteiger partial charge is 0.472 e. The zero-order chi connectivity index (χ0) is 18.7. The molecule has 130 valence electrons. The van der Waals surface area contributed by atoms with Gasteiger partial charge in [0.2, 0.25) is 5.13 Å². The Balaban J connectivity index is 2.02. The van der Waals surface area contributed by atoms with Crippen molar-refractivity contribution < 1.29 is 13.9 Å². The van der Waals surface area contributed by atoms with Crippen molar-refractivity contribution >= 4 is 22.4 Å². The number of ether oxygens (including phenoxy) is 1. The Morgan fingerprint density at radius 1 is 1.31 bits per heavy atom. The van der Waals surface area contributed by atoms with Crippen molar-refractivity contribution in [2.45, 2.75) is 6.92 Å². The molecule has 0 aliphatic rings. The second-order valence-electron chi connectivity index (χ2n) is 5.24. The summed E-state index contributed by atoms with van der Waals surface area (Å²) in [5.41, 5.74) is 1.90. The number of aryl methyl sites for hydroxylation is 1. The Hall–Kier alpha value is -3.38. The van der Waals surface area contributed by atoms with Crippen molar-refractivity contribution in [1.29, 1.82) is 5.26 Å². The van der Waals surface area contributed by atoms with Crippen LogP contribution in [-0.2, 0) is 0 Å². The Kier molecular flexibility index (Phi) is 4.86. The zero-order valence-electron chi connectivity index (χ0n) is 13.8. The fourth-order valence-corrected chi connectivity index (χ4v) is 2.85. The maximum absolute atomic E-state index is 13.8. The number of nitrogens with zero attached hydrogens (tertiary/aromatic N) is 4. The molecular weight excluding hydrogens is 357 g/mol. The first-order valence-electron chi connectivity index (χ1n) is 7.36. The third-order valence-electron chi connectivity index (χ3n) is 3.42. The van der Waals surface area contributed by atoms with E-state index in [0.29, 0.717) is 22.0 Å². The number of nitrogens with one attached hydrogen (secondary N) is 1. The smallest absolute Gasteiger partial charge is 0.295 e. The molecule has 1 N–H and O–H groups in total. The van der Waals surface area contributed by atoms with Crippen LogP contribution < -0.4 is 10.1 Å². The highest BCUT2D eigenvalue weighted by atomic mass is 32.1. The average Bonchev–Trinajstić information content (AvgIpc) is 3.08. The van der Waals surface area contributed by atoms with Crippen LogP contribution in [-0.4, -0.2) is 28.2 Å². The summed E-state index contributed by atoms with van der Waals surface area (Å²) in [7, 11) is 1.45. The molecule has 0 aliphatic heterocycles. The van der Waals surface area contributed by atoms with Gasteiger partial charge in [0.15, 0.2) is 0 Å². The second kappa shape index (κ2) is 7.25. The molecule has 3 aromatic rings. The molecule has 3 rings (SSSR count). The molecule has 2 heterocycles. The minimum absolute atomic E-state index is 0.162. The van der Waals surface area contributed by atoms with Crippen LogP contribution in [0, 0.1) is 24.1 Å². The SMILES string of the molecule is COc1nnc(NC(=O)c2cnc(C)cc2-c2cc(F)cc(C#N)c2)s1. The van der Waals surface area contributed by atoms with Gasteiger partial charge in [-0.1, -0.05) is 5.10 Å². The minimum atomic E-state index is -0.561. The summed E-state index contributed by atoms with van der Waals surface area (Å²) in [5, 5.41) is 19.8. The molecule has 0 atom stereocenters. The van der Waals surface area contributed by atoms with E-state index in [9.17, 15) is 9.18 Å². The van der Waals surface area contributed by atoms with Gasteiger partial charge in [-0.3, -0.25) is 15.1 Å². The van der Waals surface area contributed by atoms with E-state index in [4.69, 9.17) is 10.00 Å². The Morgan fingerprint density at radius 2 is 2.12 bits per heavy atom. The highest BCUT2D eigenvalue weighted by Crippen LogP contribution is 2.28. The molecule has 0 fully saturated rings. The third kappa shape index (κ3) is 3.65. The number of carbonyl (C=O) groups excluding carboxylic acids is 1. The predicted octanol–water partition coefficient (Wildman–Crippen LogP) is 3.18. The summed E-state index contributed by atoms with van der Waals surface area (Å²) in [5.74, 6) is -1.04. The van der Waals surface area contributed by atoms with E-state index in [0.717, 1.165) is 17.4 Å². The lowest BCUT2D eigenvalue weighted by atomic mass is 9.98. The minimum Gasteiger partial charge on any atom is -0.472 e. The summed E-state index contributed by atoms with van der Waals surface area (Å²) in [6.07, 6.45) is 1.40. The molecule has 0 unspecified atom stereocenters. The Labute approximate surface area is 152 Å². The van der Waals surface area contributed by atoms with Crippen LogP contribution in [0.1, 0.15) is 21.6 Å². The van der Waals surface area contributed by atoms with Gasteiger partial charge in [-0.05, 0) is 53.7 Å². The van der Waals surface area contributed by atoms with Crippen molar-refractivity contribution in [3.63, 3.8) is 0 Å². The number of hydrogen-bond acceptors (Lipinski definition) is 7. The highest BCUT2D eigenvalue weighted by molar-refractivity contribution is 7.17. The van der Waals surface area contributed by atoms with E-state index in [1.165, 1.54) is 25.4 Å². The first-order chi connectivity index (χ1) is 12.5. The number of hydrogen-bond donors (Lipinski definition) is 1. The predicted molar refractivity (Wildman–Crippen MR) is 93.5 cm³/mol. The average molecular weight is 369 g/mol. The number of methoxy groups -OCH3 is 1. The quantitative estimate of drug-likeness (QED) is 0.758. The maximum Gasteiger partial charge on any atom is 0.295 e. The van der Waals surface area contributed by atoms with Crippen LogP contribution in [0.5, 0.6) is 5.19 Å². The van der Waals surface area contributed by atoms with E-state index in [1.54, 1.807) is 13.0 Å². The molecule has 0 spiro atoms. The number of pyridine rings is 1. The van der Waals surface area contributed by atoms with Crippen molar-refractivity contribution in [2.75, 3.05) is 12.4 Å². The van der Waals surface area contributed by atoms with Gasteiger partial charge >= 0.3 is 0 Å². The van der Waals surface area contributed by atoms with E-state index in [1.807, 2.05) is 6.07 Å². The number of halogens is 1. The number of benzene rings is 1. The lowest BCUT2D eigenvalue weighted by molar-refractivity contribution is 0.102. The van der Waals surface area contributed by atoms with Gasteiger partial charge in [0.25, 0.3) is 11.1 Å². The molecule has 0 saturated heterocycles. The lowest BCUT2D eigenvalue weighted by Crippen LogP contribution is -2.14. The maximum atomic E-state index is 13.8. The molecule has 9 heteroatoms. The van der Waals surface area contributed by atoms with Crippen molar-refractivity contribution in [1.82, 2.24) is 15.2 Å². The van der Waals surface area contributed by atoms with Gasteiger partial charge in [-0.15, -0.1) is 5.10 Å². The van der Waals surface area contributed by atoms with Crippen molar-refractivity contribution in [3.05, 3.63) is 53.1 Å². The molecule has 0 aliphatic carbocycles. The van der Waals surface area contributed by atoms with Crippen LogP contribution in [0.4, 0.5) is 9.52 Å². The van der Waals surface area contributed by atoms with E-state index < -0.39 is 11.7 Å². The highest BCUT2D eigenvalue weighted by Gasteiger charge is 2.17. The Bertz CT molecular complexity index is 1030. The topological polar surface area (TPSA) is 101 Å². The molecule has 0 radical (unpaired) electrons. The molecule has 7 nitrogen and oxygen atoms in total. The van der Waals surface area contributed by atoms with Crippen molar-refractivity contribution in [3.8, 4) is 22.4 Å². The van der Waals surface area contributed by atoms with Crippen LogP contribution in [0.15, 0.2) is 30.5 Å². The molecular formula is C17H12FN5O2S. The van der Waals surface area contributed by atoms with E-state index in [-0.39, 0.29) is 16.3 Å². The van der Waals surface area contributed by atoms with Gasteiger partial charge < -0.3 is 4.74 Å². The normalized spacial score (nSPS) is 10.2. The molecule has 1 aromatic carbocycles. The summed E-state index contributed by atoms with van der Waals surface area (Å²) >= 11 is 1.07. The van der Waals surface area contributed by atoms with Crippen LogP contribution in [0.2, 0.25) is 0 Å². The molecule has 0 saturated carbocycles. The van der Waals surface area contributed by atoms with E-state index >= 15 is 0 Å². The summed E-state index contributed by atoms with van der Waals surface area (Å²) in [6.45, 7) is 1.76. The first kappa shape index (κ1) is 17.4. The molecule has 2 aromatic heterocycles. The lowest BCUT2D eigenvalue weighted by Gasteiger charge is -2.10. The number of nitriles is 1. The first-order valence-corrected chi connectivity index (χ1v) is 8.18. The summed E-state index contributed by atoms with van der Waals surface area (Å²) in [4.78, 5) is 16.8. The third-order valence-corrected chi connectivity index (χ3v) is 4.22.